The normalized spacial score (nSPS) is 18.7. The van der Waals surface area contributed by atoms with E-state index in [-0.39, 0.29) is 23.0 Å². The number of piperidine rings is 1. The zero-order valence-electron chi connectivity index (χ0n) is 10.6. The number of thioether (sulfide) groups is 1. The number of fused-ring (bicyclic) bond motifs is 1. The van der Waals surface area contributed by atoms with E-state index in [2.05, 4.69) is 10.3 Å². The summed E-state index contributed by atoms with van der Waals surface area (Å²) in [5, 5.41) is 14.7. The minimum Gasteiger partial charge on any atom is -0.316 e. The van der Waals surface area contributed by atoms with Gasteiger partial charge in [-0.2, -0.15) is 0 Å². The molecule has 0 aliphatic carbocycles. The summed E-state index contributed by atoms with van der Waals surface area (Å²) in [5.74, 6) is 0. The Balaban J connectivity index is 0.00000147. The summed E-state index contributed by atoms with van der Waals surface area (Å²) in [6.07, 6.45) is 2.40. The van der Waals surface area contributed by atoms with E-state index in [0.29, 0.717) is 5.25 Å². The molecule has 1 saturated heterocycles. The van der Waals surface area contributed by atoms with E-state index >= 15 is 0 Å². The van der Waals surface area contributed by atoms with Crippen molar-refractivity contribution in [1.29, 1.82) is 0 Å². The minimum absolute atomic E-state index is 0. The fraction of sp³-hybridized carbons (Fsp3) is 0.417. The van der Waals surface area contributed by atoms with Gasteiger partial charge in [-0.15, -0.1) is 23.7 Å². The Kier molecular flexibility index (Phi) is 5.20. The maximum atomic E-state index is 10.7. The van der Waals surface area contributed by atoms with Gasteiger partial charge < -0.3 is 5.32 Å². The second-order valence-corrected chi connectivity index (χ2v) is 7.05. The van der Waals surface area contributed by atoms with Crippen LogP contribution < -0.4 is 5.32 Å². The highest BCUT2D eigenvalue weighted by atomic mass is 35.5. The molecule has 5 nitrogen and oxygen atoms in total. The van der Waals surface area contributed by atoms with Crippen LogP contribution in [0.4, 0.5) is 5.69 Å². The number of nitrogens with zero attached hydrogens (tertiary/aromatic N) is 2. The van der Waals surface area contributed by atoms with Crippen LogP contribution in [0.3, 0.4) is 0 Å². The van der Waals surface area contributed by atoms with Gasteiger partial charge in [-0.3, -0.25) is 10.1 Å². The number of non-ortho nitro benzene ring substituents is 1. The van der Waals surface area contributed by atoms with Gasteiger partial charge in [0, 0.05) is 23.9 Å². The van der Waals surface area contributed by atoms with Gasteiger partial charge in [-0.05, 0) is 25.5 Å². The number of thiazole rings is 1. The lowest BCUT2D eigenvalue weighted by atomic mass is 10.2. The van der Waals surface area contributed by atoms with Gasteiger partial charge in [0.05, 0.1) is 15.1 Å². The molecule has 1 N–H and O–H groups in total. The van der Waals surface area contributed by atoms with Crippen LogP contribution in [0.1, 0.15) is 12.8 Å². The number of hydrogen-bond acceptors (Lipinski definition) is 6. The lowest BCUT2D eigenvalue weighted by molar-refractivity contribution is -0.384. The fourth-order valence-electron chi connectivity index (χ4n) is 2.12. The smallest absolute Gasteiger partial charge is 0.271 e. The zero-order chi connectivity index (χ0) is 13.2. The van der Waals surface area contributed by atoms with Crippen molar-refractivity contribution >= 4 is 51.4 Å². The van der Waals surface area contributed by atoms with Gasteiger partial charge in [0.15, 0.2) is 4.34 Å². The van der Waals surface area contributed by atoms with Crippen molar-refractivity contribution < 1.29 is 4.92 Å². The molecule has 3 rings (SSSR count). The van der Waals surface area contributed by atoms with Crippen molar-refractivity contribution in [2.24, 2.45) is 0 Å². The topological polar surface area (TPSA) is 68.1 Å². The second-order valence-electron chi connectivity index (χ2n) is 4.48. The first kappa shape index (κ1) is 15.5. The van der Waals surface area contributed by atoms with Crippen molar-refractivity contribution in [2.75, 3.05) is 13.1 Å². The summed E-state index contributed by atoms with van der Waals surface area (Å²) in [4.78, 5) is 14.9. The van der Waals surface area contributed by atoms with Crippen LogP contribution in [0.2, 0.25) is 0 Å². The summed E-state index contributed by atoms with van der Waals surface area (Å²) in [5.41, 5.74) is 0.833. The standard InChI is InChI=1S/C12H13N3O2S2.ClH/c16-15(17)8-3-4-11-10(6-8)14-12(19-11)18-9-2-1-5-13-7-9;/h3-4,6,9,13H,1-2,5,7H2;1H. The first-order valence-corrected chi connectivity index (χ1v) is 7.84. The van der Waals surface area contributed by atoms with E-state index in [0.717, 1.165) is 27.6 Å². The predicted molar refractivity (Wildman–Crippen MR) is 85.3 cm³/mol. The van der Waals surface area contributed by atoms with Crippen LogP contribution in [-0.4, -0.2) is 28.2 Å². The molecule has 2 aromatic rings. The number of nitrogens with one attached hydrogen (secondary N) is 1. The average molecular weight is 332 g/mol. The number of nitro groups is 1. The van der Waals surface area contributed by atoms with Gasteiger partial charge in [0.1, 0.15) is 0 Å². The molecule has 0 bridgehead atoms. The SMILES string of the molecule is Cl.O=[N+]([O-])c1ccc2sc(SC3CCCNC3)nc2c1. The summed E-state index contributed by atoms with van der Waals surface area (Å²) >= 11 is 3.39. The van der Waals surface area contributed by atoms with Gasteiger partial charge in [0.2, 0.25) is 0 Å². The molecule has 2 heterocycles. The van der Waals surface area contributed by atoms with E-state index in [9.17, 15) is 10.1 Å². The number of nitro benzene ring substituents is 1. The van der Waals surface area contributed by atoms with Gasteiger partial charge in [-0.1, -0.05) is 11.8 Å². The van der Waals surface area contributed by atoms with Crippen molar-refractivity contribution in [3.8, 4) is 0 Å². The van der Waals surface area contributed by atoms with Crippen molar-refractivity contribution in [3.63, 3.8) is 0 Å². The van der Waals surface area contributed by atoms with Gasteiger partial charge in [0.25, 0.3) is 5.69 Å². The molecule has 1 aromatic carbocycles. The highest BCUT2D eigenvalue weighted by Crippen LogP contribution is 2.35. The number of rotatable bonds is 3. The summed E-state index contributed by atoms with van der Waals surface area (Å²) in [7, 11) is 0. The Morgan fingerprint density at radius 3 is 3.05 bits per heavy atom. The third-order valence-electron chi connectivity index (χ3n) is 3.08. The maximum absolute atomic E-state index is 10.7. The van der Waals surface area contributed by atoms with E-state index in [4.69, 9.17) is 0 Å². The van der Waals surface area contributed by atoms with Crippen LogP contribution in [-0.2, 0) is 0 Å². The molecule has 0 amide bonds. The molecule has 1 fully saturated rings. The quantitative estimate of drug-likeness (QED) is 0.689. The first-order valence-electron chi connectivity index (χ1n) is 6.15. The highest BCUT2D eigenvalue weighted by Gasteiger charge is 2.17. The fourth-order valence-corrected chi connectivity index (χ4v) is 4.59. The molecule has 1 aliphatic heterocycles. The number of benzene rings is 1. The first-order chi connectivity index (χ1) is 9.22. The third-order valence-corrected chi connectivity index (χ3v) is 5.48. The number of halogens is 1. The Labute approximate surface area is 130 Å². The molecule has 8 heteroatoms. The van der Waals surface area contributed by atoms with E-state index in [1.165, 1.54) is 18.9 Å². The maximum Gasteiger partial charge on any atom is 0.271 e. The molecule has 1 atom stereocenters. The molecule has 1 unspecified atom stereocenters. The molecular weight excluding hydrogens is 318 g/mol. The lowest BCUT2D eigenvalue weighted by Crippen LogP contribution is -2.31. The van der Waals surface area contributed by atoms with Gasteiger partial charge in [-0.25, -0.2) is 4.98 Å². The number of hydrogen-bond donors (Lipinski definition) is 1. The van der Waals surface area contributed by atoms with E-state index in [1.54, 1.807) is 35.2 Å². The van der Waals surface area contributed by atoms with Crippen LogP contribution >= 0.6 is 35.5 Å². The molecule has 108 valence electrons. The Bertz CT molecular complexity index is 614. The van der Waals surface area contributed by atoms with Crippen molar-refractivity contribution in [3.05, 3.63) is 28.3 Å². The van der Waals surface area contributed by atoms with E-state index < -0.39 is 0 Å². The third kappa shape index (κ3) is 3.41. The van der Waals surface area contributed by atoms with Gasteiger partial charge >= 0.3 is 0 Å². The molecule has 0 saturated carbocycles. The summed E-state index contributed by atoms with van der Waals surface area (Å²) in [6, 6.07) is 4.88. The molecule has 1 aromatic heterocycles. The largest absolute Gasteiger partial charge is 0.316 e. The van der Waals surface area contributed by atoms with Crippen LogP contribution in [0.5, 0.6) is 0 Å². The van der Waals surface area contributed by atoms with E-state index in [1.807, 2.05) is 0 Å². The molecule has 0 spiro atoms. The Morgan fingerprint density at radius 2 is 2.35 bits per heavy atom. The predicted octanol–water partition coefficient (Wildman–Crippen LogP) is 3.47. The van der Waals surface area contributed by atoms with Crippen LogP contribution in [0.15, 0.2) is 22.5 Å². The van der Waals surface area contributed by atoms with Crippen LogP contribution in [0, 0.1) is 10.1 Å². The van der Waals surface area contributed by atoms with Crippen LogP contribution in [0.25, 0.3) is 10.2 Å². The average Bonchev–Trinajstić information content (AvgIpc) is 2.80. The summed E-state index contributed by atoms with van der Waals surface area (Å²) in [6.45, 7) is 2.11. The molecule has 1 aliphatic rings. The molecule has 20 heavy (non-hydrogen) atoms. The monoisotopic (exact) mass is 331 g/mol. The lowest BCUT2D eigenvalue weighted by Gasteiger charge is -2.20. The minimum atomic E-state index is -0.378. The van der Waals surface area contributed by atoms with Crippen molar-refractivity contribution in [2.45, 2.75) is 22.4 Å². The Morgan fingerprint density at radius 1 is 1.50 bits per heavy atom. The molecular formula is C12H14ClN3O2S2. The second kappa shape index (κ2) is 6.71. The molecule has 0 radical (unpaired) electrons. The summed E-state index contributed by atoms with van der Waals surface area (Å²) < 4.78 is 2.01. The zero-order valence-corrected chi connectivity index (χ0v) is 13.0. The highest BCUT2D eigenvalue weighted by molar-refractivity contribution is 8.01. The van der Waals surface area contributed by atoms with Crippen molar-refractivity contribution in [1.82, 2.24) is 10.3 Å². The Hall–Kier alpha value is -0.890. The number of aromatic nitrogens is 1.